The van der Waals surface area contributed by atoms with E-state index in [-0.39, 0.29) is 10.6 Å². The number of nitrogens with one attached hydrogen (secondary N) is 1. The molecular weight excluding hydrogens is 216 g/mol. The predicted octanol–water partition coefficient (Wildman–Crippen LogP) is 2.68. The second kappa shape index (κ2) is 4.84. The second-order valence-electron chi connectivity index (χ2n) is 4.78. The van der Waals surface area contributed by atoms with Crippen LogP contribution in [0.3, 0.4) is 0 Å². The second-order valence-corrected chi connectivity index (χ2v) is 4.78. The van der Waals surface area contributed by atoms with Gasteiger partial charge in [-0.15, -0.1) is 0 Å². The largest absolute Gasteiger partial charge is 0.317 e. The van der Waals surface area contributed by atoms with Gasteiger partial charge in [0.1, 0.15) is 0 Å². The maximum absolute atomic E-state index is 10.9. The highest BCUT2D eigenvalue weighted by atomic mass is 16.6. The molecule has 0 bridgehead atoms. The third-order valence-electron chi connectivity index (χ3n) is 3.51. The Balaban J connectivity index is 2.34. The average molecular weight is 234 g/mol. The topological polar surface area (TPSA) is 55.2 Å². The number of hydrogen-bond donors (Lipinski definition) is 1. The van der Waals surface area contributed by atoms with Gasteiger partial charge in [-0.25, -0.2) is 0 Å². The van der Waals surface area contributed by atoms with Gasteiger partial charge in [-0.2, -0.15) is 0 Å². The number of nitro groups is 1. The number of benzene rings is 1. The summed E-state index contributed by atoms with van der Waals surface area (Å²) in [5.41, 5.74) is 3.09. The molecule has 1 aromatic rings. The van der Waals surface area contributed by atoms with Crippen molar-refractivity contribution in [3.05, 3.63) is 38.9 Å². The van der Waals surface area contributed by atoms with Crippen LogP contribution in [-0.4, -0.2) is 18.0 Å². The van der Waals surface area contributed by atoms with E-state index in [0.717, 1.165) is 37.1 Å². The van der Waals surface area contributed by atoms with Crippen molar-refractivity contribution in [2.75, 3.05) is 13.1 Å². The maximum atomic E-state index is 10.9. The lowest BCUT2D eigenvalue weighted by Crippen LogP contribution is -2.26. The molecule has 0 spiro atoms. The first-order valence-electron chi connectivity index (χ1n) is 6.06. The monoisotopic (exact) mass is 234 g/mol. The fraction of sp³-hybridized carbons (Fsp3) is 0.538. The number of piperidine rings is 1. The van der Waals surface area contributed by atoms with Crippen molar-refractivity contribution in [2.45, 2.75) is 32.6 Å². The van der Waals surface area contributed by atoms with Crippen LogP contribution in [0.2, 0.25) is 0 Å². The van der Waals surface area contributed by atoms with E-state index in [9.17, 15) is 10.1 Å². The highest BCUT2D eigenvalue weighted by Gasteiger charge is 2.20. The first kappa shape index (κ1) is 12.0. The van der Waals surface area contributed by atoms with Gasteiger partial charge in [0.25, 0.3) is 5.69 Å². The fourth-order valence-corrected chi connectivity index (χ4v) is 2.67. The van der Waals surface area contributed by atoms with Crippen LogP contribution < -0.4 is 5.32 Å². The van der Waals surface area contributed by atoms with Gasteiger partial charge in [0.2, 0.25) is 0 Å². The Morgan fingerprint density at radius 1 is 1.24 bits per heavy atom. The Morgan fingerprint density at radius 3 is 2.24 bits per heavy atom. The third kappa shape index (κ3) is 2.47. The van der Waals surface area contributed by atoms with Crippen molar-refractivity contribution >= 4 is 5.69 Å². The molecule has 17 heavy (non-hydrogen) atoms. The highest BCUT2D eigenvalue weighted by molar-refractivity contribution is 5.49. The van der Waals surface area contributed by atoms with Crippen LogP contribution in [0.25, 0.3) is 0 Å². The van der Waals surface area contributed by atoms with Gasteiger partial charge in [-0.05, 0) is 63.4 Å². The molecule has 1 aliphatic heterocycles. The molecule has 2 rings (SSSR count). The number of nitrogens with zero attached hydrogens (tertiary/aromatic N) is 1. The Labute approximate surface area is 101 Å². The summed E-state index contributed by atoms with van der Waals surface area (Å²) >= 11 is 0. The molecule has 1 heterocycles. The quantitative estimate of drug-likeness (QED) is 0.632. The van der Waals surface area contributed by atoms with Crippen molar-refractivity contribution in [3.63, 3.8) is 0 Å². The zero-order valence-electron chi connectivity index (χ0n) is 10.3. The highest BCUT2D eigenvalue weighted by Crippen LogP contribution is 2.31. The van der Waals surface area contributed by atoms with Gasteiger partial charge in [-0.3, -0.25) is 10.1 Å². The van der Waals surface area contributed by atoms with Crippen molar-refractivity contribution in [1.29, 1.82) is 0 Å². The normalized spacial score (nSPS) is 17.1. The van der Waals surface area contributed by atoms with Gasteiger partial charge < -0.3 is 5.32 Å². The molecule has 1 aromatic carbocycles. The van der Waals surface area contributed by atoms with Crippen LogP contribution in [0.4, 0.5) is 5.69 Å². The molecule has 0 amide bonds. The minimum absolute atomic E-state index is 0.266. The number of aryl methyl sites for hydroxylation is 2. The van der Waals surface area contributed by atoms with Crippen LogP contribution >= 0.6 is 0 Å². The van der Waals surface area contributed by atoms with Gasteiger partial charge >= 0.3 is 0 Å². The molecule has 1 aliphatic rings. The van der Waals surface area contributed by atoms with Crippen LogP contribution in [0, 0.1) is 24.0 Å². The smallest absolute Gasteiger partial charge is 0.275 e. The average Bonchev–Trinajstić information content (AvgIpc) is 2.28. The molecule has 0 radical (unpaired) electrons. The van der Waals surface area contributed by atoms with E-state index in [4.69, 9.17) is 0 Å². The summed E-state index contributed by atoms with van der Waals surface area (Å²) in [4.78, 5) is 10.6. The molecule has 4 heteroatoms. The van der Waals surface area contributed by atoms with E-state index in [1.807, 2.05) is 26.0 Å². The predicted molar refractivity (Wildman–Crippen MR) is 67.4 cm³/mol. The summed E-state index contributed by atoms with van der Waals surface area (Å²) in [6, 6.07) is 3.97. The zero-order valence-corrected chi connectivity index (χ0v) is 10.3. The van der Waals surface area contributed by atoms with Gasteiger partial charge in [0.05, 0.1) is 4.92 Å². The molecule has 0 unspecified atom stereocenters. The van der Waals surface area contributed by atoms with Crippen molar-refractivity contribution in [1.82, 2.24) is 5.32 Å². The summed E-state index contributed by atoms with van der Waals surface area (Å²) in [5.74, 6) is 0.550. The molecule has 0 aromatic heterocycles. The summed E-state index contributed by atoms with van der Waals surface area (Å²) in [6.07, 6.45) is 2.24. The first-order valence-corrected chi connectivity index (χ1v) is 6.06. The van der Waals surface area contributed by atoms with Crippen molar-refractivity contribution in [2.24, 2.45) is 0 Å². The molecule has 4 nitrogen and oxygen atoms in total. The molecule has 0 atom stereocenters. The molecule has 0 aliphatic carbocycles. The summed E-state index contributed by atoms with van der Waals surface area (Å²) in [5, 5.41) is 14.3. The first-order chi connectivity index (χ1) is 8.09. The van der Waals surface area contributed by atoms with Gasteiger partial charge in [0.15, 0.2) is 0 Å². The lowest BCUT2D eigenvalue weighted by molar-refractivity contribution is -0.386. The zero-order chi connectivity index (χ0) is 12.4. The lowest BCUT2D eigenvalue weighted by Gasteiger charge is -2.23. The van der Waals surface area contributed by atoms with E-state index >= 15 is 0 Å². The van der Waals surface area contributed by atoms with E-state index < -0.39 is 0 Å². The Morgan fingerprint density at radius 2 is 1.76 bits per heavy atom. The van der Waals surface area contributed by atoms with E-state index in [2.05, 4.69) is 5.32 Å². The molecule has 92 valence electrons. The number of hydrogen-bond acceptors (Lipinski definition) is 3. The van der Waals surface area contributed by atoms with Gasteiger partial charge in [-0.1, -0.05) is 0 Å². The fourth-order valence-electron chi connectivity index (χ4n) is 2.67. The minimum atomic E-state index is -0.281. The van der Waals surface area contributed by atoms with E-state index in [1.54, 1.807) is 0 Å². The van der Waals surface area contributed by atoms with Crippen LogP contribution in [0.5, 0.6) is 0 Å². The van der Waals surface area contributed by atoms with Crippen LogP contribution in [0.15, 0.2) is 12.1 Å². The lowest BCUT2D eigenvalue weighted by atomic mass is 9.88. The number of rotatable bonds is 2. The molecular formula is C13H18N2O2. The van der Waals surface area contributed by atoms with Gasteiger partial charge in [0, 0.05) is 11.1 Å². The van der Waals surface area contributed by atoms with Crippen molar-refractivity contribution in [3.8, 4) is 0 Å². The summed E-state index contributed by atoms with van der Waals surface area (Å²) in [6.45, 7) is 5.74. The SMILES string of the molecule is Cc1cc(C2CCNCC2)cc(C)c1[N+](=O)[O-]. The molecule has 1 N–H and O–H groups in total. The Hall–Kier alpha value is -1.42. The number of nitro benzene ring substituents is 1. The minimum Gasteiger partial charge on any atom is -0.317 e. The van der Waals surface area contributed by atoms with Crippen molar-refractivity contribution < 1.29 is 4.92 Å². The summed E-state index contributed by atoms with van der Waals surface area (Å²) < 4.78 is 0. The Kier molecular flexibility index (Phi) is 3.43. The van der Waals surface area contributed by atoms with Crippen LogP contribution in [-0.2, 0) is 0 Å². The van der Waals surface area contributed by atoms with Crippen LogP contribution in [0.1, 0.15) is 35.4 Å². The standard InChI is InChI=1S/C13H18N2O2/c1-9-7-12(11-3-5-14-6-4-11)8-10(2)13(9)15(16)17/h7-8,11,14H,3-6H2,1-2H3. The molecule has 1 saturated heterocycles. The third-order valence-corrected chi connectivity index (χ3v) is 3.51. The molecule has 0 saturated carbocycles. The summed E-state index contributed by atoms with van der Waals surface area (Å²) in [7, 11) is 0. The molecule has 1 fully saturated rings. The van der Waals surface area contributed by atoms with E-state index in [0.29, 0.717) is 5.92 Å². The van der Waals surface area contributed by atoms with E-state index in [1.165, 1.54) is 5.56 Å². The maximum Gasteiger partial charge on any atom is 0.275 e. The Bertz CT molecular complexity index is 414.